The fourth-order valence-corrected chi connectivity index (χ4v) is 28.7. The first-order valence-corrected chi connectivity index (χ1v) is 34.2. The highest BCUT2D eigenvalue weighted by molar-refractivity contribution is 7.80. The van der Waals surface area contributed by atoms with E-state index in [4.69, 9.17) is 0 Å². The summed E-state index contributed by atoms with van der Waals surface area (Å²) in [6.45, 7) is 0. The predicted octanol–water partition coefficient (Wildman–Crippen LogP) is 19.8. The van der Waals surface area contributed by atoms with Gasteiger partial charge in [-0.15, -0.1) is 0 Å². The summed E-state index contributed by atoms with van der Waals surface area (Å²) in [5.74, 6) is -6.18. The summed E-state index contributed by atoms with van der Waals surface area (Å²) >= 11 is 0. The number of rotatable bonds is 14. The van der Waals surface area contributed by atoms with Crippen molar-refractivity contribution >= 4 is 53.5 Å². The lowest BCUT2D eigenvalue weighted by molar-refractivity contribution is 0.351. The summed E-state index contributed by atoms with van der Waals surface area (Å²) in [7, 11) is -5.96. The largest absolute Gasteiger partial charge is 0.248 e. The molecular weight excluding hydrogens is 1120 g/mol. The third-order valence-corrected chi connectivity index (χ3v) is 30.1. The SMILES string of the molecule is Fc1ccc(F)c(P(c2cc(F)ccc2F)N(C2CCCCC2)P2[C@H](c3ccccc3)CC[C@H]2c2ccccc2)c1.Fc1cccc(P(c2cccc(F)c2F)N(C2CCCCC2)P2[C@H](c3ccccc3)CC[C@H]2c2ccccc2)c1F. The van der Waals surface area contributed by atoms with Gasteiger partial charge in [0.2, 0.25) is 0 Å². The molecule has 0 bridgehead atoms. The molecule has 2 saturated heterocycles. The zero-order valence-corrected chi connectivity index (χ0v) is 49.1. The van der Waals surface area contributed by atoms with Crippen LogP contribution in [-0.4, -0.2) is 21.0 Å². The van der Waals surface area contributed by atoms with Crippen molar-refractivity contribution in [3.05, 3.63) is 263 Å². The minimum absolute atomic E-state index is 0.0573. The molecular formula is C68H66F8N2P4. The van der Waals surface area contributed by atoms with Gasteiger partial charge >= 0.3 is 0 Å². The van der Waals surface area contributed by atoms with Crippen molar-refractivity contribution in [2.24, 2.45) is 0 Å². The molecule has 82 heavy (non-hydrogen) atoms. The molecule has 2 nitrogen and oxygen atoms in total. The number of nitrogens with zero attached hydrogens (tertiary/aromatic N) is 2. The monoisotopic (exact) mass is 1190 g/mol. The van der Waals surface area contributed by atoms with Crippen molar-refractivity contribution < 1.29 is 35.1 Å². The van der Waals surface area contributed by atoms with E-state index in [1.165, 1.54) is 46.5 Å². The molecule has 14 heteroatoms. The Balaban J connectivity index is 0.000000172. The standard InChI is InChI=1S/2C34H33F4NP2/c35-27-18-10-20-31(33(27)37)41(32-21-11-19-28(36)34(32)38)39(26-16-8-3-9-17-26)40-29(24-12-4-1-5-13-24)22-23-30(40)25-14-6-2-7-15-25;35-26-16-18-29(37)33(22-26)41(34-23-27(36)17-19-30(34)38)39(28-14-8-3-9-15-28)40-31(24-10-4-1-5-11-24)20-21-32(40)25-12-6-2-7-13-25/h1-2,4-7,10-15,18-21,26,29-30H,3,8-9,16-17,22-23H2;1-2,4-7,10-13,16-19,22-23,28,31-32H,3,8-9,14-15,20-21H2/t29-,30-;31-,32-/m00/s1. The van der Waals surface area contributed by atoms with E-state index in [9.17, 15) is 17.6 Å². The maximum atomic E-state index is 15.8. The van der Waals surface area contributed by atoms with Crippen molar-refractivity contribution in [3.8, 4) is 0 Å². The fourth-order valence-electron chi connectivity index (χ4n) is 13.0. The number of benzene rings is 8. The predicted molar refractivity (Wildman–Crippen MR) is 324 cm³/mol. The van der Waals surface area contributed by atoms with Crippen LogP contribution in [0.4, 0.5) is 35.1 Å². The van der Waals surface area contributed by atoms with Crippen molar-refractivity contribution in [3.63, 3.8) is 0 Å². The Labute approximate surface area is 482 Å². The topological polar surface area (TPSA) is 6.48 Å². The molecule has 12 rings (SSSR count). The summed E-state index contributed by atoms with van der Waals surface area (Å²) < 4.78 is 127. The van der Waals surface area contributed by atoms with Crippen LogP contribution in [0.25, 0.3) is 0 Å². The van der Waals surface area contributed by atoms with Gasteiger partial charge in [-0.05, 0) is 150 Å². The fraction of sp³-hybridized carbons (Fsp3) is 0.294. The van der Waals surface area contributed by atoms with Gasteiger partial charge in [0.1, 0.15) is 23.3 Å². The average molecular weight is 1190 g/mol. The first-order valence-electron chi connectivity index (χ1n) is 28.8. The van der Waals surface area contributed by atoms with Crippen LogP contribution in [0.2, 0.25) is 0 Å². The molecule has 2 aliphatic heterocycles. The Morgan fingerprint density at radius 1 is 0.293 bits per heavy atom. The molecule has 0 aromatic heterocycles. The molecule has 4 fully saturated rings. The highest BCUT2D eigenvalue weighted by atomic mass is 31.2. The third kappa shape index (κ3) is 12.8. The van der Waals surface area contributed by atoms with E-state index < -0.39 is 78.8 Å². The Hall–Kier alpha value is -5.16. The van der Waals surface area contributed by atoms with E-state index >= 15 is 17.6 Å². The van der Waals surface area contributed by atoms with E-state index in [0.717, 1.165) is 126 Å². The molecule has 0 N–H and O–H groups in total. The van der Waals surface area contributed by atoms with Crippen molar-refractivity contribution in [2.75, 3.05) is 0 Å². The average Bonchev–Trinajstić information content (AvgIpc) is 4.10. The maximum Gasteiger partial charge on any atom is 0.168 e. The van der Waals surface area contributed by atoms with Gasteiger partial charge in [-0.2, -0.15) is 0 Å². The molecule has 4 aliphatic rings. The minimum atomic E-state index is -1.92. The molecule has 8 aromatic carbocycles. The zero-order valence-electron chi connectivity index (χ0n) is 45.5. The molecule has 2 saturated carbocycles. The first kappa shape index (κ1) is 58.6. The lowest BCUT2D eigenvalue weighted by Gasteiger charge is -2.47. The summed E-state index contributed by atoms with van der Waals surface area (Å²) in [4.78, 5) is 0. The molecule has 0 radical (unpaired) electrons. The summed E-state index contributed by atoms with van der Waals surface area (Å²) in [5, 5.41) is 0.511. The van der Waals surface area contributed by atoms with Crippen molar-refractivity contribution in [1.82, 2.24) is 8.88 Å². The van der Waals surface area contributed by atoms with Crippen LogP contribution in [-0.2, 0) is 0 Å². The first-order chi connectivity index (χ1) is 40.0. The number of hydrogen-bond acceptors (Lipinski definition) is 2. The molecule has 2 aliphatic carbocycles. The van der Waals surface area contributed by atoms with Gasteiger partial charge in [-0.1, -0.05) is 172 Å². The van der Waals surface area contributed by atoms with Gasteiger partial charge in [0.25, 0.3) is 0 Å². The second-order valence-corrected chi connectivity index (χ2v) is 31.3. The Bertz CT molecular complexity index is 3050. The highest BCUT2D eigenvalue weighted by Gasteiger charge is 2.50. The Kier molecular flexibility index (Phi) is 19.5. The van der Waals surface area contributed by atoms with E-state index in [1.54, 1.807) is 12.1 Å². The second kappa shape index (κ2) is 27.3. The Morgan fingerprint density at radius 3 is 0.915 bits per heavy atom. The van der Waals surface area contributed by atoms with Gasteiger partial charge in [-0.3, -0.25) is 0 Å². The molecule has 0 amide bonds. The number of hydrogen-bond donors (Lipinski definition) is 0. The quantitative estimate of drug-likeness (QED) is 0.0791. The summed E-state index contributed by atoms with van der Waals surface area (Å²) in [5.41, 5.74) is 5.51. The second-order valence-electron chi connectivity index (χ2n) is 21.8. The van der Waals surface area contributed by atoms with Crippen LogP contribution in [0, 0.1) is 46.5 Å². The molecule has 0 unspecified atom stereocenters. The van der Waals surface area contributed by atoms with Gasteiger partial charge in [0.15, 0.2) is 23.3 Å². The van der Waals surface area contributed by atoms with Crippen LogP contribution < -0.4 is 21.2 Å². The van der Waals surface area contributed by atoms with Crippen molar-refractivity contribution in [1.29, 1.82) is 0 Å². The van der Waals surface area contributed by atoms with Crippen LogP contribution >= 0.6 is 32.3 Å². The van der Waals surface area contributed by atoms with Crippen molar-refractivity contribution in [2.45, 2.75) is 125 Å². The van der Waals surface area contributed by atoms with Gasteiger partial charge in [-0.25, -0.2) is 44.0 Å². The smallest absolute Gasteiger partial charge is 0.168 e. The molecule has 0 spiro atoms. The minimum Gasteiger partial charge on any atom is -0.248 e. The highest BCUT2D eigenvalue weighted by Crippen LogP contribution is 2.79. The lowest BCUT2D eigenvalue weighted by Crippen LogP contribution is -2.38. The lowest BCUT2D eigenvalue weighted by atomic mass is 9.96. The molecule has 4 atom stereocenters. The number of halogens is 8. The Morgan fingerprint density at radius 2 is 0.598 bits per heavy atom. The van der Waals surface area contributed by atoms with E-state index in [0.29, 0.717) is 0 Å². The molecule has 424 valence electrons. The van der Waals surface area contributed by atoms with Gasteiger partial charge in [0.05, 0.1) is 0 Å². The summed E-state index contributed by atoms with van der Waals surface area (Å²) in [6.07, 6.45) is 13.7. The van der Waals surface area contributed by atoms with E-state index in [1.807, 2.05) is 72.8 Å². The normalized spacial score (nSPS) is 20.2. The van der Waals surface area contributed by atoms with Gasteiger partial charge in [0, 0.05) is 72.1 Å². The third-order valence-electron chi connectivity index (χ3n) is 16.7. The summed E-state index contributed by atoms with van der Waals surface area (Å²) in [6, 6.07) is 56.9. The maximum absolute atomic E-state index is 15.8. The van der Waals surface area contributed by atoms with E-state index in [2.05, 4.69) is 57.4 Å². The van der Waals surface area contributed by atoms with Crippen LogP contribution in [0.15, 0.2) is 194 Å². The zero-order chi connectivity index (χ0) is 56.7. The van der Waals surface area contributed by atoms with Crippen LogP contribution in [0.5, 0.6) is 0 Å². The molecule has 8 aromatic rings. The van der Waals surface area contributed by atoms with Crippen LogP contribution in [0.3, 0.4) is 0 Å². The van der Waals surface area contributed by atoms with Gasteiger partial charge < -0.3 is 0 Å². The van der Waals surface area contributed by atoms with Crippen LogP contribution in [0.1, 0.15) is 135 Å². The van der Waals surface area contributed by atoms with E-state index in [-0.39, 0.29) is 55.9 Å². The molecule has 2 heterocycles.